The van der Waals surface area contributed by atoms with Crippen molar-refractivity contribution in [1.29, 1.82) is 0 Å². The zero-order valence-electron chi connectivity index (χ0n) is 11.1. The number of likely N-dealkylation sites (tertiary alicyclic amines) is 1. The molecule has 0 amide bonds. The second-order valence-electron chi connectivity index (χ2n) is 5.38. The second kappa shape index (κ2) is 5.97. The van der Waals surface area contributed by atoms with Crippen molar-refractivity contribution in [1.82, 2.24) is 4.90 Å². The lowest BCUT2D eigenvalue weighted by Crippen LogP contribution is -2.48. The number of hydrogen-bond donors (Lipinski definition) is 1. The molecule has 18 heavy (non-hydrogen) atoms. The summed E-state index contributed by atoms with van der Waals surface area (Å²) in [4.78, 5) is 2.43. The maximum atomic E-state index is 6.28. The average molecular weight is 379 g/mol. The number of nitrogens with one attached hydrogen (secondary N) is 1. The van der Waals surface area contributed by atoms with E-state index in [4.69, 9.17) is 11.6 Å². The third-order valence-electron chi connectivity index (χ3n) is 3.88. The summed E-state index contributed by atoms with van der Waals surface area (Å²) in [5.74, 6) is 0.640. The van der Waals surface area contributed by atoms with Gasteiger partial charge in [0.2, 0.25) is 0 Å². The van der Waals surface area contributed by atoms with Crippen molar-refractivity contribution in [3.8, 4) is 0 Å². The zero-order chi connectivity index (χ0) is 13.3. The van der Waals surface area contributed by atoms with Gasteiger partial charge >= 0.3 is 0 Å². The van der Waals surface area contributed by atoms with E-state index in [9.17, 15) is 0 Å². The van der Waals surface area contributed by atoms with Gasteiger partial charge in [-0.3, -0.25) is 0 Å². The molecule has 0 aliphatic carbocycles. The van der Waals surface area contributed by atoms with E-state index in [0.717, 1.165) is 17.3 Å². The van der Waals surface area contributed by atoms with Crippen molar-refractivity contribution < 1.29 is 0 Å². The van der Waals surface area contributed by atoms with Crippen LogP contribution in [0.5, 0.6) is 0 Å². The SMILES string of the molecule is CC1CN(C)C(C)CC1Nc1ccc(I)cc1Cl. The Kier molecular flexibility index (Phi) is 4.78. The number of nitrogens with zero attached hydrogens (tertiary/aromatic N) is 1. The Labute approximate surface area is 128 Å². The largest absolute Gasteiger partial charge is 0.381 e. The summed E-state index contributed by atoms with van der Waals surface area (Å²) in [5.41, 5.74) is 1.06. The Morgan fingerprint density at radius 3 is 2.78 bits per heavy atom. The van der Waals surface area contributed by atoms with Crippen molar-refractivity contribution in [2.75, 3.05) is 18.9 Å². The second-order valence-corrected chi connectivity index (χ2v) is 7.03. The molecule has 0 aromatic heterocycles. The summed E-state index contributed by atoms with van der Waals surface area (Å²) in [5, 5.41) is 4.44. The summed E-state index contributed by atoms with van der Waals surface area (Å²) in [6.45, 7) is 5.73. The van der Waals surface area contributed by atoms with Crippen LogP contribution in [0, 0.1) is 9.49 Å². The maximum absolute atomic E-state index is 6.28. The molecule has 0 bridgehead atoms. The van der Waals surface area contributed by atoms with Crippen LogP contribution in [0.15, 0.2) is 18.2 Å². The molecule has 3 atom stereocenters. The van der Waals surface area contributed by atoms with Crippen molar-refractivity contribution in [3.05, 3.63) is 26.8 Å². The molecule has 1 aliphatic heterocycles. The number of benzene rings is 1. The molecule has 2 nitrogen and oxygen atoms in total. The maximum Gasteiger partial charge on any atom is 0.0648 e. The van der Waals surface area contributed by atoms with E-state index in [0.29, 0.717) is 18.0 Å². The predicted octanol–water partition coefficient (Wildman–Crippen LogP) is 4.09. The van der Waals surface area contributed by atoms with Gasteiger partial charge in [-0.15, -0.1) is 0 Å². The molecule has 1 N–H and O–H groups in total. The van der Waals surface area contributed by atoms with E-state index in [2.05, 4.69) is 65.8 Å². The van der Waals surface area contributed by atoms with Crippen molar-refractivity contribution in [2.45, 2.75) is 32.4 Å². The Morgan fingerprint density at radius 1 is 1.39 bits per heavy atom. The quantitative estimate of drug-likeness (QED) is 0.780. The molecular formula is C14H20ClIN2. The van der Waals surface area contributed by atoms with E-state index in [-0.39, 0.29) is 0 Å². The van der Waals surface area contributed by atoms with Crippen LogP contribution in [0.4, 0.5) is 5.69 Å². The molecular weight excluding hydrogens is 359 g/mol. The van der Waals surface area contributed by atoms with Crippen LogP contribution in [0.1, 0.15) is 20.3 Å². The highest BCUT2D eigenvalue weighted by Gasteiger charge is 2.28. The predicted molar refractivity (Wildman–Crippen MR) is 87.5 cm³/mol. The summed E-state index contributed by atoms with van der Waals surface area (Å²) < 4.78 is 1.17. The van der Waals surface area contributed by atoms with Crippen LogP contribution < -0.4 is 5.32 Å². The number of hydrogen-bond acceptors (Lipinski definition) is 2. The third kappa shape index (κ3) is 3.31. The van der Waals surface area contributed by atoms with Gasteiger partial charge < -0.3 is 10.2 Å². The minimum absolute atomic E-state index is 0.508. The van der Waals surface area contributed by atoms with Crippen LogP contribution in [-0.4, -0.2) is 30.6 Å². The highest BCUT2D eigenvalue weighted by Crippen LogP contribution is 2.29. The fraction of sp³-hybridized carbons (Fsp3) is 0.571. The monoisotopic (exact) mass is 378 g/mol. The third-order valence-corrected chi connectivity index (χ3v) is 4.87. The molecule has 1 aromatic rings. The number of anilines is 1. The van der Waals surface area contributed by atoms with Crippen molar-refractivity contribution in [3.63, 3.8) is 0 Å². The topological polar surface area (TPSA) is 15.3 Å². The highest BCUT2D eigenvalue weighted by molar-refractivity contribution is 14.1. The van der Waals surface area contributed by atoms with Gasteiger partial charge in [0, 0.05) is 22.2 Å². The van der Waals surface area contributed by atoms with Gasteiger partial charge in [-0.1, -0.05) is 18.5 Å². The molecule has 4 heteroatoms. The molecule has 3 unspecified atom stereocenters. The van der Waals surface area contributed by atoms with Crippen LogP contribution in [0.25, 0.3) is 0 Å². The molecule has 0 radical (unpaired) electrons. The van der Waals surface area contributed by atoms with Gasteiger partial charge in [-0.25, -0.2) is 0 Å². The molecule has 2 rings (SSSR count). The van der Waals surface area contributed by atoms with E-state index in [1.54, 1.807) is 0 Å². The average Bonchev–Trinajstić information content (AvgIpc) is 2.29. The molecule has 100 valence electrons. The van der Waals surface area contributed by atoms with Gasteiger partial charge in [-0.05, 0) is 67.1 Å². The Morgan fingerprint density at radius 2 is 2.11 bits per heavy atom. The van der Waals surface area contributed by atoms with Gasteiger partial charge in [0.25, 0.3) is 0 Å². The first-order valence-electron chi connectivity index (χ1n) is 6.39. The minimum atomic E-state index is 0.508. The van der Waals surface area contributed by atoms with E-state index >= 15 is 0 Å². The lowest BCUT2D eigenvalue weighted by atomic mass is 9.89. The first-order valence-corrected chi connectivity index (χ1v) is 7.85. The lowest BCUT2D eigenvalue weighted by Gasteiger charge is -2.40. The summed E-state index contributed by atoms with van der Waals surface area (Å²) >= 11 is 8.57. The molecule has 0 spiro atoms. The summed E-state index contributed by atoms with van der Waals surface area (Å²) in [6.07, 6.45) is 1.17. The normalized spacial score (nSPS) is 29.3. The molecule has 1 aromatic carbocycles. The molecule has 0 saturated carbocycles. The van der Waals surface area contributed by atoms with Gasteiger partial charge in [0.05, 0.1) is 10.7 Å². The van der Waals surface area contributed by atoms with Gasteiger partial charge in [-0.2, -0.15) is 0 Å². The smallest absolute Gasteiger partial charge is 0.0648 e. The van der Waals surface area contributed by atoms with Crippen molar-refractivity contribution >= 4 is 39.9 Å². The summed E-state index contributed by atoms with van der Waals surface area (Å²) in [6, 6.07) is 7.32. The zero-order valence-corrected chi connectivity index (χ0v) is 14.0. The number of rotatable bonds is 2. The fourth-order valence-electron chi connectivity index (χ4n) is 2.55. The highest BCUT2D eigenvalue weighted by atomic mass is 127. The number of halogens is 2. The standard InChI is InChI=1S/C14H20ClIN2/c1-9-8-18(3)10(2)6-14(9)17-13-5-4-11(16)7-12(13)15/h4-5,7,9-10,14,17H,6,8H2,1-3H3. The molecule has 1 saturated heterocycles. The molecule has 1 aliphatic rings. The molecule has 1 fully saturated rings. The summed E-state index contributed by atoms with van der Waals surface area (Å²) in [7, 11) is 2.20. The van der Waals surface area contributed by atoms with Gasteiger partial charge in [0.1, 0.15) is 0 Å². The van der Waals surface area contributed by atoms with Crippen molar-refractivity contribution in [2.24, 2.45) is 5.92 Å². The van der Waals surface area contributed by atoms with E-state index in [1.807, 2.05) is 6.07 Å². The fourth-order valence-corrected chi connectivity index (χ4v) is 3.46. The van der Waals surface area contributed by atoms with Crippen LogP contribution in [-0.2, 0) is 0 Å². The van der Waals surface area contributed by atoms with Crippen LogP contribution in [0.2, 0.25) is 5.02 Å². The van der Waals surface area contributed by atoms with Crippen LogP contribution >= 0.6 is 34.2 Å². The molecule has 1 heterocycles. The van der Waals surface area contributed by atoms with E-state index in [1.165, 1.54) is 9.99 Å². The van der Waals surface area contributed by atoms with Crippen LogP contribution in [0.3, 0.4) is 0 Å². The Balaban J connectivity index is 2.08. The Hall–Kier alpha value is -0.0000000000000000555. The lowest BCUT2D eigenvalue weighted by molar-refractivity contribution is 0.145. The van der Waals surface area contributed by atoms with E-state index < -0.39 is 0 Å². The number of piperidine rings is 1. The Bertz CT molecular complexity index is 424. The minimum Gasteiger partial charge on any atom is -0.381 e. The first kappa shape index (κ1) is 14.4. The van der Waals surface area contributed by atoms with Gasteiger partial charge in [0.15, 0.2) is 0 Å². The first-order chi connectivity index (χ1) is 8.47.